The van der Waals surface area contributed by atoms with Crippen LogP contribution in [0.25, 0.3) is 0 Å². The van der Waals surface area contributed by atoms with Crippen LogP contribution < -0.4 is 5.32 Å². The number of amides is 2. The minimum Gasteiger partial charge on any atom is -0.340 e. The molecule has 0 aromatic heterocycles. The van der Waals surface area contributed by atoms with Gasteiger partial charge in [-0.25, -0.2) is 0 Å². The van der Waals surface area contributed by atoms with Gasteiger partial charge in [-0.3, -0.25) is 14.5 Å². The van der Waals surface area contributed by atoms with Gasteiger partial charge in [-0.1, -0.05) is 17.7 Å². The van der Waals surface area contributed by atoms with Gasteiger partial charge in [0.15, 0.2) is 0 Å². The molecule has 5 nitrogen and oxygen atoms in total. The number of nitrogens with one attached hydrogen (secondary N) is 1. The monoisotopic (exact) mass is 309 g/mol. The van der Waals surface area contributed by atoms with Crippen molar-refractivity contribution < 1.29 is 9.59 Å². The van der Waals surface area contributed by atoms with Crippen LogP contribution in [0, 0.1) is 6.92 Å². The lowest BCUT2D eigenvalue weighted by Crippen LogP contribution is -2.49. The molecule has 1 aromatic carbocycles. The fourth-order valence-corrected chi connectivity index (χ4v) is 2.51. The minimum absolute atomic E-state index is 0.0587. The summed E-state index contributed by atoms with van der Waals surface area (Å²) < 4.78 is 0. The first kappa shape index (κ1) is 15.8. The molecule has 1 aliphatic heterocycles. The third kappa shape index (κ3) is 4.44. The molecule has 1 N–H and O–H groups in total. The molecule has 1 aliphatic rings. The van der Waals surface area contributed by atoms with E-state index in [0.29, 0.717) is 24.7 Å². The van der Waals surface area contributed by atoms with Gasteiger partial charge in [0.05, 0.1) is 6.54 Å². The SMILES string of the molecule is CC(=O)N1CCN(CC(=O)Nc2cc(Cl)ccc2C)CC1. The Kier molecular flexibility index (Phi) is 5.20. The number of piperazine rings is 1. The van der Waals surface area contributed by atoms with Crippen molar-refractivity contribution in [1.82, 2.24) is 9.80 Å². The Morgan fingerprint density at radius 2 is 1.90 bits per heavy atom. The highest BCUT2D eigenvalue weighted by molar-refractivity contribution is 6.31. The van der Waals surface area contributed by atoms with Gasteiger partial charge in [0.2, 0.25) is 11.8 Å². The zero-order valence-corrected chi connectivity index (χ0v) is 13.1. The maximum Gasteiger partial charge on any atom is 0.238 e. The number of hydrogen-bond donors (Lipinski definition) is 1. The number of aryl methyl sites for hydroxylation is 1. The lowest BCUT2D eigenvalue weighted by atomic mass is 10.2. The van der Waals surface area contributed by atoms with Crippen LogP contribution in [0.2, 0.25) is 5.02 Å². The van der Waals surface area contributed by atoms with Gasteiger partial charge in [-0.2, -0.15) is 0 Å². The highest BCUT2D eigenvalue weighted by atomic mass is 35.5. The fraction of sp³-hybridized carbons (Fsp3) is 0.467. The lowest BCUT2D eigenvalue weighted by molar-refractivity contribution is -0.130. The van der Waals surface area contributed by atoms with E-state index in [2.05, 4.69) is 10.2 Å². The van der Waals surface area contributed by atoms with Crippen molar-refractivity contribution >= 4 is 29.1 Å². The molecule has 0 aliphatic carbocycles. The molecule has 114 valence electrons. The molecule has 2 rings (SSSR count). The van der Waals surface area contributed by atoms with Crippen molar-refractivity contribution in [3.05, 3.63) is 28.8 Å². The molecule has 0 unspecified atom stereocenters. The molecule has 1 aromatic rings. The first-order valence-corrected chi connectivity index (χ1v) is 7.37. The van der Waals surface area contributed by atoms with E-state index in [1.165, 1.54) is 0 Å². The summed E-state index contributed by atoms with van der Waals surface area (Å²) in [5, 5.41) is 3.49. The van der Waals surface area contributed by atoms with Crippen molar-refractivity contribution in [1.29, 1.82) is 0 Å². The Hall–Kier alpha value is -1.59. The third-order valence-corrected chi connectivity index (χ3v) is 3.89. The van der Waals surface area contributed by atoms with Gasteiger partial charge in [0.25, 0.3) is 0 Å². The topological polar surface area (TPSA) is 52.7 Å². The molecular weight excluding hydrogens is 290 g/mol. The van der Waals surface area contributed by atoms with Crippen molar-refractivity contribution in [3.63, 3.8) is 0 Å². The quantitative estimate of drug-likeness (QED) is 0.925. The second-order valence-electron chi connectivity index (χ2n) is 5.29. The number of nitrogens with zero attached hydrogens (tertiary/aromatic N) is 2. The number of benzene rings is 1. The summed E-state index contributed by atoms with van der Waals surface area (Å²) in [4.78, 5) is 27.2. The molecule has 0 bridgehead atoms. The Balaban J connectivity index is 1.85. The highest BCUT2D eigenvalue weighted by Gasteiger charge is 2.20. The minimum atomic E-state index is -0.0587. The molecule has 1 heterocycles. The zero-order chi connectivity index (χ0) is 15.4. The standard InChI is InChI=1S/C15H20ClN3O2/c1-11-3-4-13(16)9-14(11)17-15(21)10-18-5-7-19(8-6-18)12(2)20/h3-4,9H,5-8,10H2,1-2H3,(H,17,21). The van der Waals surface area contributed by atoms with Crippen LogP contribution in [0.15, 0.2) is 18.2 Å². The summed E-state index contributed by atoms with van der Waals surface area (Å²) in [5.41, 5.74) is 1.73. The summed E-state index contributed by atoms with van der Waals surface area (Å²) in [6.07, 6.45) is 0. The van der Waals surface area contributed by atoms with Crippen LogP contribution in [-0.2, 0) is 9.59 Å². The number of hydrogen-bond acceptors (Lipinski definition) is 3. The second kappa shape index (κ2) is 6.91. The molecule has 2 amide bonds. The number of anilines is 1. The number of carbonyl (C=O) groups is 2. The third-order valence-electron chi connectivity index (χ3n) is 3.66. The van der Waals surface area contributed by atoms with E-state index in [0.717, 1.165) is 24.3 Å². The Morgan fingerprint density at radius 3 is 2.52 bits per heavy atom. The Bertz CT molecular complexity index is 540. The lowest BCUT2D eigenvalue weighted by Gasteiger charge is -2.33. The van der Waals surface area contributed by atoms with Crippen LogP contribution in [0.4, 0.5) is 5.69 Å². The average molecular weight is 310 g/mol. The van der Waals surface area contributed by atoms with E-state index < -0.39 is 0 Å². The maximum absolute atomic E-state index is 12.1. The molecule has 1 fully saturated rings. The zero-order valence-electron chi connectivity index (χ0n) is 12.4. The van der Waals surface area contributed by atoms with Crippen molar-refractivity contribution in [2.45, 2.75) is 13.8 Å². The van der Waals surface area contributed by atoms with Crippen LogP contribution >= 0.6 is 11.6 Å². The van der Waals surface area contributed by atoms with Gasteiger partial charge >= 0.3 is 0 Å². The summed E-state index contributed by atoms with van der Waals surface area (Å²) in [6.45, 7) is 6.64. The highest BCUT2D eigenvalue weighted by Crippen LogP contribution is 2.20. The van der Waals surface area contributed by atoms with Crippen LogP contribution in [0.1, 0.15) is 12.5 Å². The first-order valence-electron chi connectivity index (χ1n) is 6.99. The normalized spacial score (nSPS) is 15.9. The summed E-state index contributed by atoms with van der Waals surface area (Å²) in [6, 6.07) is 5.43. The Labute approximate surface area is 129 Å². The predicted octanol–water partition coefficient (Wildman–Crippen LogP) is 1.75. The second-order valence-corrected chi connectivity index (χ2v) is 5.73. The van der Waals surface area contributed by atoms with Crippen molar-refractivity contribution in [2.24, 2.45) is 0 Å². The molecule has 0 spiro atoms. The number of rotatable bonds is 3. The van der Waals surface area contributed by atoms with Crippen LogP contribution in [0.3, 0.4) is 0 Å². The van der Waals surface area contributed by atoms with Gasteiger partial charge in [-0.15, -0.1) is 0 Å². The van der Waals surface area contributed by atoms with Gasteiger partial charge in [0.1, 0.15) is 0 Å². The van der Waals surface area contributed by atoms with Crippen molar-refractivity contribution in [2.75, 3.05) is 38.0 Å². The molecule has 0 atom stereocenters. The average Bonchev–Trinajstić information content (AvgIpc) is 2.43. The first-order chi connectivity index (χ1) is 9.95. The molecular formula is C15H20ClN3O2. The van der Waals surface area contributed by atoms with E-state index in [1.807, 2.05) is 13.0 Å². The van der Waals surface area contributed by atoms with E-state index >= 15 is 0 Å². The van der Waals surface area contributed by atoms with Crippen LogP contribution in [-0.4, -0.2) is 54.3 Å². The molecule has 1 saturated heterocycles. The Morgan fingerprint density at radius 1 is 1.24 bits per heavy atom. The fourth-order valence-electron chi connectivity index (χ4n) is 2.34. The predicted molar refractivity (Wildman–Crippen MR) is 83.5 cm³/mol. The summed E-state index contributed by atoms with van der Waals surface area (Å²) >= 11 is 5.94. The smallest absolute Gasteiger partial charge is 0.238 e. The number of carbonyl (C=O) groups excluding carboxylic acids is 2. The van der Waals surface area contributed by atoms with Gasteiger partial charge < -0.3 is 10.2 Å². The summed E-state index contributed by atoms with van der Waals surface area (Å²) in [7, 11) is 0. The van der Waals surface area contributed by atoms with Gasteiger partial charge in [0, 0.05) is 43.8 Å². The van der Waals surface area contributed by atoms with Crippen LogP contribution in [0.5, 0.6) is 0 Å². The molecule has 0 saturated carbocycles. The summed E-state index contributed by atoms with van der Waals surface area (Å²) in [5.74, 6) is 0.0327. The molecule has 21 heavy (non-hydrogen) atoms. The number of halogens is 1. The van der Waals surface area contributed by atoms with E-state index in [1.54, 1.807) is 24.0 Å². The maximum atomic E-state index is 12.1. The van der Waals surface area contributed by atoms with E-state index in [-0.39, 0.29) is 11.8 Å². The van der Waals surface area contributed by atoms with E-state index in [4.69, 9.17) is 11.6 Å². The largest absolute Gasteiger partial charge is 0.340 e. The van der Waals surface area contributed by atoms with Gasteiger partial charge in [-0.05, 0) is 24.6 Å². The molecule has 6 heteroatoms. The van der Waals surface area contributed by atoms with Crippen molar-refractivity contribution in [3.8, 4) is 0 Å². The van der Waals surface area contributed by atoms with E-state index in [9.17, 15) is 9.59 Å². The molecule has 0 radical (unpaired) electrons.